The van der Waals surface area contributed by atoms with Gasteiger partial charge < -0.3 is 10.0 Å². The first kappa shape index (κ1) is 23.2. The van der Waals surface area contributed by atoms with E-state index < -0.39 is 26.6 Å². The Balaban J connectivity index is 1.78. The van der Waals surface area contributed by atoms with Gasteiger partial charge in [0.1, 0.15) is 5.69 Å². The van der Waals surface area contributed by atoms with Crippen molar-refractivity contribution in [3.8, 4) is 0 Å². The largest absolute Gasteiger partial charge is 0.388 e. The number of nitrogens with zero attached hydrogens (tertiary/aromatic N) is 2. The predicted molar refractivity (Wildman–Crippen MR) is 120 cm³/mol. The van der Waals surface area contributed by atoms with E-state index in [1.165, 1.54) is 12.1 Å². The van der Waals surface area contributed by atoms with Crippen LogP contribution < -0.4 is 9.62 Å². The number of aliphatic hydroxyl groups excluding tert-OH is 1. The zero-order valence-corrected chi connectivity index (χ0v) is 18.8. The molecule has 0 amide bonds. The topological polar surface area (TPSA) is 113 Å². The lowest BCUT2D eigenvalue weighted by Gasteiger charge is -2.35. The molecular weight excluding hydrogens is 418 g/mol. The fraction of sp³-hybridized carbons (Fsp3) is 0.455. The maximum absolute atomic E-state index is 12.6. The SMILES string of the molecule is CC(C)(C)NS(=O)(=O)c1ccc(N2CCC(C(O)c3ccccc3)CC2)c([N+](=O)[O-])c1. The molecule has 0 saturated carbocycles. The van der Waals surface area contributed by atoms with Crippen LogP contribution in [0.5, 0.6) is 0 Å². The molecule has 0 aliphatic carbocycles. The van der Waals surface area contributed by atoms with Crippen molar-refractivity contribution in [2.45, 2.75) is 50.2 Å². The third-order valence-corrected chi connectivity index (χ3v) is 7.12. The number of anilines is 1. The van der Waals surface area contributed by atoms with Crippen LogP contribution in [0.2, 0.25) is 0 Å². The number of piperidine rings is 1. The second-order valence-corrected chi connectivity index (χ2v) is 10.6. The molecule has 2 N–H and O–H groups in total. The van der Waals surface area contributed by atoms with Gasteiger partial charge in [0, 0.05) is 24.7 Å². The highest BCUT2D eigenvalue weighted by Crippen LogP contribution is 2.36. The lowest BCUT2D eigenvalue weighted by molar-refractivity contribution is -0.384. The maximum Gasteiger partial charge on any atom is 0.293 e. The molecule has 9 heteroatoms. The average molecular weight is 448 g/mol. The van der Waals surface area contributed by atoms with Crippen LogP contribution in [0.15, 0.2) is 53.4 Å². The van der Waals surface area contributed by atoms with Gasteiger partial charge in [-0.15, -0.1) is 0 Å². The highest BCUT2D eigenvalue weighted by Gasteiger charge is 2.31. The molecule has 1 heterocycles. The van der Waals surface area contributed by atoms with E-state index >= 15 is 0 Å². The van der Waals surface area contributed by atoms with Gasteiger partial charge in [-0.3, -0.25) is 10.1 Å². The first-order valence-corrected chi connectivity index (χ1v) is 11.8. The monoisotopic (exact) mass is 447 g/mol. The molecule has 1 aliphatic rings. The quantitative estimate of drug-likeness (QED) is 0.517. The van der Waals surface area contributed by atoms with E-state index in [-0.39, 0.29) is 16.5 Å². The number of hydrogen-bond acceptors (Lipinski definition) is 6. The highest BCUT2D eigenvalue weighted by atomic mass is 32.2. The standard InChI is InChI=1S/C22H29N3O5S/c1-22(2,3)23-31(29,30)18-9-10-19(20(15-18)25(27)28)24-13-11-17(12-14-24)21(26)16-7-5-4-6-8-16/h4-10,15,17,21,23,26H,11-14H2,1-3H3. The Morgan fingerprint density at radius 3 is 2.29 bits per heavy atom. The number of nitrogens with one attached hydrogen (secondary N) is 1. The Morgan fingerprint density at radius 2 is 1.74 bits per heavy atom. The van der Waals surface area contributed by atoms with Gasteiger partial charge >= 0.3 is 0 Å². The number of benzene rings is 2. The molecule has 168 valence electrons. The summed E-state index contributed by atoms with van der Waals surface area (Å²) in [5, 5.41) is 22.4. The Labute approximate surface area is 183 Å². The van der Waals surface area contributed by atoms with Crippen LogP contribution >= 0.6 is 0 Å². The number of nitro benzene ring substituents is 1. The molecule has 2 aromatic rings. The van der Waals surface area contributed by atoms with E-state index in [0.717, 1.165) is 11.6 Å². The van der Waals surface area contributed by atoms with Crippen LogP contribution in [0.3, 0.4) is 0 Å². The number of aliphatic hydroxyl groups is 1. The summed E-state index contributed by atoms with van der Waals surface area (Å²) < 4.78 is 27.7. The fourth-order valence-electron chi connectivity index (χ4n) is 3.92. The predicted octanol–water partition coefficient (Wildman–Crippen LogP) is 3.62. The van der Waals surface area contributed by atoms with Crippen LogP contribution in [-0.2, 0) is 10.0 Å². The summed E-state index contributed by atoms with van der Waals surface area (Å²) in [6.07, 6.45) is 0.784. The van der Waals surface area contributed by atoms with Crippen LogP contribution in [0.25, 0.3) is 0 Å². The van der Waals surface area contributed by atoms with Crippen LogP contribution in [0.4, 0.5) is 11.4 Å². The Hall–Kier alpha value is -2.49. The van der Waals surface area contributed by atoms with Crippen molar-refractivity contribution in [1.29, 1.82) is 0 Å². The molecule has 1 fully saturated rings. The molecule has 1 unspecified atom stereocenters. The minimum absolute atomic E-state index is 0.0633. The molecule has 0 radical (unpaired) electrons. The van der Waals surface area contributed by atoms with Crippen molar-refractivity contribution in [3.05, 3.63) is 64.2 Å². The van der Waals surface area contributed by atoms with E-state index in [9.17, 15) is 23.6 Å². The summed E-state index contributed by atoms with van der Waals surface area (Å²) in [7, 11) is -3.88. The Kier molecular flexibility index (Phi) is 6.68. The van der Waals surface area contributed by atoms with Crippen molar-refractivity contribution < 1.29 is 18.4 Å². The van der Waals surface area contributed by atoms with Gasteiger partial charge in [-0.1, -0.05) is 30.3 Å². The van der Waals surface area contributed by atoms with Crippen molar-refractivity contribution in [2.75, 3.05) is 18.0 Å². The molecule has 0 bridgehead atoms. The van der Waals surface area contributed by atoms with Gasteiger partial charge in [0.05, 0.1) is 15.9 Å². The van der Waals surface area contributed by atoms with Gasteiger partial charge in [0.25, 0.3) is 5.69 Å². The summed E-state index contributed by atoms with van der Waals surface area (Å²) in [4.78, 5) is 12.9. The summed E-state index contributed by atoms with van der Waals surface area (Å²) in [5.74, 6) is 0.0633. The van der Waals surface area contributed by atoms with Gasteiger partial charge in [0.2, 0.25) is 10.0 Å². The zero-order chi connectivity index (χ0) is 22.8. The van der Waals surface area contributed by atoms with Crippen molar-refractivity contribution >= 4 is 21.4 Å². The van der Waals surface area contributed by atoms with Gasteiger partial charge in [-0.05, 0) is 57.2 Å². The maximum atomic E-state index is 12.6. The van der Waals surface area contributed by atoms with E-state index in [0.29, 0.717) is 31.6 Å². The van der Waals surface area contributed by atoms with Crippen molar-refractivity contribution in [2.24, 2.45) is 5.92 Å². The number of nitro groups is 1. The van der Waals surface area contributed by atoms with Crippen molar-refractivity contribution in [1.82, 2.24) is 4.72 Å². The summed E-state index contributed by atoms with van der Waals surface area (Å²) >= 11 is 0. The van der Waals surface area contributed by atoms with E-state index in [1.807, 2.05) is 35.2 Å². The first-order valence-electron chi connectivity index (χ1n) is 10.3. The molecule has 3 rings (SSSR count). The van der Waals surface area contributed by atoms with Crippen molar-refractivity contribution in [3.63, 3.8) is 0 Å². The minimum atomic E-state index is -3.88. The third kappa shape index (κ3) is 5.61. The third-order valence-electron chi connectivity index (χ3n) is 5.36. The zero-order valence-electron chi connectivity index (χ0n) is 18.0. The molecule has 2 aromatic carbocycles. The molecule has 1 aliphatic heterocycles. The number of rotatable bonds is 6. The summed E-state index contributed by atoms with van der Waals surface area (Å²) in [6, 6.07) is 13.5. The normalized spacial score (nSPS) is 16.8. The fourth-order valence-corrected chi connectivity index (χ4v) is 5.36. The second kappa shape index (κ2) is 8.94. The molecular formula is C22H29N3O5S. The first-order chi connectivity index (χ1) is 14.5. The van der Waals surface area contributed by atoms with Gasteiger partial charge in [0.15, 0.2) is 0 Å². The lowest BCUT2D eigenvalue weighted by Crippen LogP contribution is -2.40. The Bertz CT molecular complexity index is 1030. The van der Waals surface area contributed by atoms with E-state index in [4.69, 9.17) is 0 Å². The summed E-state index contributed by atoms with van der Waals surface area (Å²) in [5.41, 5.74) is 0.326. The van der Waals surface area contributed by atoms with Gasteiger partial charge in [-0.2, -0.15) is 0 Å². The number of sulfonamides is 1. The Morgan fingerprint density at radius 1 is 1.13 bits per heavy atom. The molecule has 0 aromatic heterocycles. The molecule has 31 heavy (non-hydrogen) atoms. The minimum Gasteiger partial charge on any atom is -0.388 e. The molecule has 8 nitrogen and oxygen atoms in total. The molecule has 0 spiro atoms. The highest BCUT2D eigenvalue weighted by molar-refractivity contribution is 7.89. The van der Waals surface area contributed by atoms with Crippen LogP contribution in [0.1, 0.15) is 45.3 Å². The lowest BCUT2D eigenvalue weighted by atomic mass is 9.87. The van der Waals surface area contributed by atoms with E-state index in [1.54, 1.807) is 20.8 Å². The van der Waals surface area contributed by atoms with Crippen LogP contribution in [-0.4, -0.2) is 37.1 Å². The van der Waals surface area contributed by atoms with Gasteiger partial charge in [-0.25, -0.2) is 13.1 Å². The number of hydrogen-bond donors (Lipinski definition) is 2. The second-order valence-electron chi connectivity index (χ2n) is 8.94. The average Bonchev–Trinajstić information content (AvgIpc) is 2.72. The van der Waals surface area contributed by atoms with Crippen LogP contribution in [0, 0.1) is 16.0 Å². The molecule has 1 saturated heterocycles. The van der Waals surface area contributed by atoms with E-state index in [2.05, 4.69) is 4.72 Å². The summed E-state index contributed by atoms with van der Waals surface area (Å²) in [6.45, 7) is 6.22. The molecule has 1 atom stereocenters. The smallest absolute Gasteiger partial charge is 0.293 e.